The summed E-state index contributed by atoms with van der Waals surface area (Å²) in [6, 6.07) is 14.0. The lowest BCUT2D eigenvalue weighted by atomic mass is 10.2. The van der Waals surface area contributed by atoms with E-state index in [9.17, 15) is 9.18 Å². The molecule has 0 bridgehead atoms. The van der Waals surface area contributed by atoms with Gasteiger partial charge in [0.25, 0.3) is 0 Å². The van der Waals surface area contributed by atoms with Crippen LogP contribution < -0.4 is 5.32 Å². The standard InChI is InChI=1S/C19H18FN3OS/c1-14-2-8-17(9-3-14)22-18(24)13-25-19-21-10-11-23(19)12-15-4-6-16(20)7-5-15/h2-11H,12-13H2,1H3,(H,22,24). The molecule has 0 aliphatic rings. The number of rotatable bonds is 6. The summed E-state index contributed by atoms with van der Waals surface area (Å²) >= 11 is 1.37. The monoisotopic (exact) mass is 355 g/mol. The summed E-state index contributed by atoms with van der Waals surface area (Å²) in [5, 5.41) is 3.62. The van der Waals surface area contributed by atoms with Gasteiger partial charge >= 0.3 is 0 Å². The van der Waals surface area contributed by atoms with E-state index in [1.165, 1.54) is 23.9 Å². The Hall–Kier alpha value is -2.60. The van der Waals surface area contributed by atoms with Gasteiger partial charge in [0, 0.05) is 24.6 Å². The molecule has 4 nitrogen and oxygen atoms in total. The van der Waals surface area contributed by atoms with Crippen LogP contribution in [0, 0.1) is 12.7 Å². The SMILES string of the molecule is Cc1ccc(NC(=O)CSc2nccn2Cc2ccc(F)cc2)cc1. The number of anilines is 1. The first-order valence-corrected chi connectivity index (χ1v) is 8.83. The molecule has 1 N–H and O–H groups in total. The van der Waals surface area contributed by atoms with Crippen molar-refractivity contribution < 1.29 is 9.18 Å². The lowest BCUT2D eigenvalue weighted by Crippen LogP contribution is -2.14. The Morgan fingerprint density at radius 1 is 1.16 bits per heavy atom. The summed E-state index contributed by atoms with van der Waals surface area (Å²) in [5.74, 6) is -0.0594. The van der Waals surface area contributed by atoms with E-state index in [2.05, 4.69) is 10.3 Å². The van der Waals surface area contributed by atoms with Crippen molar-refractivity contribution in [3.63, 3.8) is 0 Å². The number of aromatic nitrogens is 2. The maximum atomic E-state index is 13.0. The van der Waals surface area contributed by atoms with Gasteiger partial charge in [0.15, 0.2) is 5.16 Å². The van der Waals surface area contributed by atoms with Gasteiger partial charge in [0.1, 0.15) is 5.82 Å². The van der Waals surface area contributed by atoms with Crippen LogP contribution in [0.2, 0.25) is 0 Å². The molecule has 0 spiro atoms. The second-order valence-corrected chi connectivity index (χ2v) is 6.61. The summed E-state index contributed by atoms with van der Waals surface area (Å²) in [7, 11) is 0. The zero-order valence-electron chi connectivity index (χ0n) is 13.8. The van der Waals surface area contributed by atoms with Crippen molar-refractivity contribution in [2.75, 3.05) is 11.1 Å². The van der Waals surface area contributed by atoms with Crippen LogP contribution >= 0.6 is 11.8 Å². The van der Waals surface area contributed by atoms with Crippen molar-refractivity contribution >= 4 is 23.4 Å². The van der Waals surface area contributed by atoms with E-state index < -0.39 is 0 Å². The molecule has 0 radical (unpaired) electrons. The number of halogens is 1. The molecule has 0 atom stereocenters. The minimum Gasteiger partial charge on any atom is -0.325 e. The van der Waals surface area contributed by atoms with Gasteiger partial charge in [-0.1, -0.05) is 41.6 Å². The minimum atomic E-state index is -0.253. The first-order chi connectivity index (χ1) is 12.1. The van der Waals surface area contributed by atoms with Crippen molar-refractivity contribution in [1.82, 2.24) is 9.55 Å². The smallest absolute Gasteiger partial charge is 0.234 e. The van der Waals surface area contributed by atoms with Crippen molar-refractivity contribution in [2.24, 2.45) is 0 Å². The molecule has 2 aromatic carbocycles. The Labute approximate surface area is 150 Å². The number of thioether (sulfide) groups is 1. The Balaban J connectivity index is 1.56. The molecular formula is C19H18FN3OS. The molecule has 0 aliphatic heterocycles. The highest BCUT2D eigenvalue weighted by Crippen LogP contribution is 2.18. The largest absolute Gasteiger partial charge is 0.325 e. The third-order valence-electron chi connectivity index (χ3n) is 3.61. The summed E-state index contributed by atoms with van der Waals surface area (Å²) in [6.45, 7) is 2.59. The lowest BCUT2D eigenvalue weighted by Gasteiger charge is -2.08. The molecule has 0 fully saturated rings. The first kappa shape index (κ1) is 17.2. The molecule has 1 heterocycles. The van der Waals surface area contributed by atoms with Gasteiger partial charge in [-0.05, 0) is 36.8 Å². The maximum Gasteiger partial charge on any atom is 0.234 e. The highest BCUT2D eigenvalue weighted by molar-refractivity contribution is 7.99. The van der Waals surface area contributed by atoms with Gasteiger partial charge in [-0.2, -0.15) is 0 Å². The molecule has 3 rings (SSSR count). The van der Waals surface area contributed by atoms with Crippen LogP contribution in [0.1, 0.15) is 11.1 Å². The number of nitrogens with one attached hydrogen (secondary N) is 1. The summed E-state index contributed by atoms with van der Waals surface area (Å²) in [5.41, 5.74) is 2.91. The number of carbonyl (C=O) groups excluding carboxylic acids is 1. The Morgan fingerprint density at radius 2 is 1.88 bits per heavy atom. The Kier molecular flexibility index (Phi) is 5.50. The van der Waals surface area contributed by atoms with Crippen LogP contribution in [0.25, 0.3) is 0 Å². The second kappa shape index (κ2) is 7.98. The summed E-state index contributed by atoms with van der Waals surface area (Å²) in [4.78, 5) is 16.4. The average Bonchev–Trinajstić information content (AvgIpc) is 3.04. The molecule has 0 aliphatic carbocycles. The van der Waals surface area contributed by atoms with Gasteiger partial charge in [-0.15, -0.1) is 0 Å². The van der Waals surface area contributed by atoms with E-state index in [4.69, 9.17) is 0 Å². The van der Waals surface area contributed by atoms with E-state index in [0.717, 1.165) is 22.0 Å². The minimum absolute atomic E-state index is 0.0785. The molecule has 0 unspecified atom stereocenters. The quantitative estimate of drug-likeness (QED) is 0.677. The van der Waals surface area contributed by atoms with Crippen LogP contribution in [-0.4, -0.2) is 21.2 Å². The van der Waals surface area contributed by atoms with Crippen LogP contribution in [-0.2, 0) is 11.3 Å². The summed E-state index contributed by atoms with van der Waals surface area (Å²) in [6.07, 6.45) is 3.55. The highest BCUT2D eigenvalue weighted by Gasteiger charge is 2.09. The zero-order valence-corrected chi connectivity index (χ0v) is 14.6. The van der Waals surface area contributed by atoms with Crippen LogP contribution in [0.3, 0.4) is 0 Å². The van der Waals surface area contributed by atoms with E-state index in [-0.39, 0.29) is 17.5 Å². The molecule has 0 saturated carbocycles. The molecule has 25 heavy (non-hydrogen) atoms. The number of hydrogen-bond acceptors (Lipinski definition) is 3. The predicted molar refractivity (Wildman–Crippen MR) is 98.3 cm³/mol. The van der Waals surface area contributed by atoms with Crippen molar-refractivity contribution in [3.8, 4) is 0 Å². The average molecular weight is 355 g/mol. The van der Waals surface area contributed by atoms with E-state index >= 15 is 0 Å². The number of hydrogen-bond donors (Lipinski definition) is 1. The predicted octanol–water partition coefficient (Wildman–Crippen LogP) is 4.11. The third-order valence-corrected chi connectivity index (χ3v) is 4.62. The normalized spacial score (nSPS) is 10.6. The second-order valence-electron chi connectivity index (χ2n) is 5.67. The maximum absolute atomic E-state index is 13.0. The van der Waals surface area contributed by atoms with Crippen LogP contribution in [0.4, 0.5) is 10.1 Å². The van der Waals surface area contributed by atoms with Crippen LogP contribution in [0.15, 0.2) is 66.1 Å². The first-order valence-electron chi connectivity index (χ1n) is 7.85. The highest BCUT2D eigenvalue weighted by atomic mass is 32.2. The van der Waals surface area contributed by atoms with E-state index in [1.54, 1.807) is 18.3 Å². The van der Waals surface area contributed by atoms with Crippen molar-refractivity contribution in [3.05, 3.63) is 77.9 Å². The number of aryl methyl sites for hydroxylation is 1. The van der Waals surface area contributed by atoms with Crippen molar-refractivity contribution in [2.45, 2.75) is 18.6 Å². The molecular weight excluding hydrogens is 337 g/mol. The topological polar surface area (TPSA) is 46.9 Å². The molecule has 3 aromatic rings. The number of imidazole rings is 1. The van der Waals surface area contributed by atoms with E-state index in [1.807, 2.05) is 42.0 Å². The molecule has 1 aromatic heterocycles. The molecule has 6 heteroatoms. The fourth-order valence-electron chi connectivity index (χ4n) is 2.31. The lowest BCUT2D eigenvalue weighted by molar-refractivity contribution is -0.113. The van der Waals surface area contributed by atoms with Gasteiger partial charge in [-0.3, -0.25) is 4.79 Å². The van der Waals surface area contributed by atoms with Crippen LogP contribution in [0.5, 0.6) is 0 Å². The Bertz CT molecular complexity index is 844. The van der Waals surface area contributed by atoms with Crippen molar-refractivity contribution in [1.29, 1.82) is 0 Å². The number of benzene rings is 2. The summed E-state index contributed by atoms with van der Waals surface area (Å²) < 4.78 is 14.9. The van der Waals surface area contributed by atoms with Gasteiger partial charge < -0.3 is 9.88 Å². The molecule has 128 valence electrons. The third kappa shape index (κ3) is 4.93. The van der Waals surface area contributed by atoms with E-state index in [0.29, 0.717) is 6.54 Å². The van der Waals surface area contributed by atoms with Gasteiger partial charge in [-0.25, -0.2) is 9.37 Å². The number of amides is 1. The number of nitrogens with zero attached hydrogens (tertiary/aromatic N) is 2. The van der Waals surface area contributed by atoms with Gasteiger partial charge in [0.05, 0.1) is 5.75 Å². The fraction of sp³-hybridized carbons (Fsp3) is 0.158. The molecule has 0 saturated heterocycles. The fourth-order valence-corrected chi connectivity index (χ4v) is 3.07. The van der Waals surface area contributed by atoms with Gasteiger partial charge in [0.2, 0.25) is 5.91 Å². The Morgan fingerprint density at radius 3 is 2.60 bits per heavy atom. The number of carbonyl (C=O) groups is 1. The zero-order chi connectivity index (χ0) is 17.6. The molecule has 1 amide bonds.